The highest BCUT2D eigenvalue weighted by molar-refractivity contribution is 5.92. The van der Waals surface area contributed by atoms with Crippen LogP contribution in [0.2, 0.25) is 0 Å². The van der Waals surface area contributed by atoms with Crippen molar-refractivity contribution in [3.63, 3.8) is 0 Å². The third-order valence-corrected chi connectivity index (χ3v) is 4.59. The lowest BCUT2D eigenvalue weighted by Gasteiger charge is -2.05. The molecule has 0 saturated carbocycles. The average molecular weight is 357 g/mol. The van der Waals surface area contributed by atoms with Gasteiger partial charge in [0.25, 0.3) is 0 Å². The maximum absolute atomic E-state index is 10.6. The van der Waals surface area contributed by atoms with Crippen molar-refractivity contribution in [1.29, 1.82) is 0 Å². The summed E-state index contributed by atoms with van der Waals surface area (Å²) in [5.74, 6) is 0.0901. The number of nitrogens with zero attached hydrogens (tertiary/aromatic N) is 3. The van der Waals surface area contributed by atoms with E-state index in [1.54, 1.807) is 10.6 Å². The standard InChI is InChI=1S/C22H19N3O2/c1-14-7-10-17(11-8-14)25-13-15(2)20(22(25)27)24-23-19-12-9-16-5-3-4-6-18(16)21(19)26/h3-13,26-27H,1-2H3. The predicted octanol–water partition coefficient (Wildman–Crippen LogP) is 6.07. The van der Waals surface area contributed by atoms with E-state index in [1.165, 1.54) is 0 Å². The summed E-state index contributed by atoms with van der Waals surface area (Å²) < 4.78 is 1.67. The van der Waals surface area contributed by atoms with Crippen LogP contribution in [0.25, 0.3) is 16.5 Å². The first-order chi connectivity index (χ1) is 13.0. The Bertz CT molecular complexity index is 1160. The van der Waals surface area contributed by atoms with E-state index in [4.69, 9.17) is 0 Å². The van der Waals surface area contributed by atoms with Crippen molar-refractivity contribution in [2.24, 2.45) is 10.2 Å². The SMILES string of the molecule is Cc1ccc(-n2cc(C)c(N=Nc3ccc4ccccc4c3O)c2O)cc1. The molecule has 4 aromatic rings. The Morgan fingerprint density at radius 2 is 1.56 bits per heavy atom. The van der Waals surface area contributed by atoms with E-state index < -0.39 is 0 Å². The van der Waals surface area contributed by atoms with Gasteiger partial charge in [0.15, 0.2) is 11.4 Å². The summed E-state index contributed by atoms with van der Waals surface area (Å²) in [6.07, 6.45) is 1.81. The van der Waals surface area contributed by atoms with Gasteiger partial charge in [0.05, 0.1) is 0 Å². The fourth-order valence-electron chi connectivity index (χ4n) is 3.06. The molecule has 0 aliphatic rings. The lowest BCUT2D eigenvalue weighted by molar-refractivity contribution is 0.444. The second-order valence-corrected chi connectivity index (χ2v) is 6.54. The fourth-order valence-corrected chi connectivity index (χ4v) is 3.06. The number of hydrogen-bond donors (Lipinski definition) is 2. The van der Waals surface area contributed by atoms with Gasteiger partial charge in [0, 0.05) is 17.3 Å². The normalized spacial score (nSPS) is 11.5. The van der Waals surface area contributed by atoms with Gasteiger partial charge in [-0.2, -0.15) is 0 Å². The summed E-state index contributed by atoms with van der Waals surface area (Å²) in [7, 11) is 0. The molecule has 3 aromatic carbocycles. The van der Waals surface area contributed by atoms with Crippen molar-refractivity contribution in [1.82, 2.24) is 4.57 Å². The van der Waals surface area contributed by atoms with E-state index in [0.29, 0.717) is 16.8 Å². The van der Waals surface area contributed by atoms with Crippen molar-refractivity contribution in [2.75, 3.05) is 0 Å². The van der Waals surface area contributed by atoms with Gasteiger partial charge < -0.3 is 10.2 Å². The smallest absolute Gasteiger partial charge is 0.224 e. The highest BCUT2D eigenvalue weighted by Gasteiger charge is 2.14. The predicted molar refractivity (Wildman–Crippen MR) is 107 cm³/mol. The number of aryl methyl sites for hydroxylation is 2. The van der Waals surface area contributed by atoms with Crippen molar-refractivity contribution >= 4 is 22.1 Å². The zero-order valence-electron chi connectivity index (χ0n) is 15.1. The molecule has 0 saturated heterocycles. The number of azo groups is 1. The van der Waals surface area contributed by atoms with Gasteiger partial charge in [-0.1, -0.05) is 48.0 Å². The summed E-state index contributed by atoms with van der Waals surface area (Å²) in [5, 5.41) is 31.1. The van der Waals surface area contributed by atoms with Gasteiger partial charge in [-0.15, -0.1) is 10.2 Å². The first-order valence-corrected chi connectivity index (χ1v) is 8.65. The van der Waals surface area contributed by atoms with Crippen LogP contribution in [0.3, 0.4) is 0 Å². The molecule has 0 fully saturated rings. The number of phenolic OH excluding ortho intramolecular Hbond substituents is 1. The molecule has 1 aromatic heterocycles. The minimum atomic E-state index is 0.0142. The Balaban J connectivity index is 1.73. The van der Waals surface area contributed by atoms with Crippen LogP contribution in [-0.2, 0) is 0 Å². The molecule has 0 amide bonds. The number of fused-ring (bicyclic) bond motifs is 1. The molecule has 1 heterocycles. The number of phenols is 1. The molecule has 0 atom stereocenters. The Labute approximate surface area is 156 Å². The van der Waals surface area contributed by atoms with Crippen molar-refractivity contribution < 1.29 is 10.2 Å². The van der Waals surface area contributed by atoms with Gasteiger partial charge >= 0.3 is 0 Å². The van der Waals surface area contributed by atoms with Crippen LogP contribution in [0.1, 0.15) is 11.1 Å². The second-order valence-electron chi connectivity index (χ2n) is 6.54. The first-order valence-electron chi connectivity index (χ1n) is 8.65. The molecule has 27 heavy (non-hydrogen) atoms. The molecule has 5 nitrogen and oxygen atoms in total. The zero-order valence-corrected chi connectivity index (χ0v) is 15.1. The van der Waals surface area contributed by atoms with E-state index in [-0.39, 0.29) is 11.6 Å². The minimum Gasteiger partial charge on any atom is -0.505 e. The van der Waals surface area contributed by atoms with Gasteiger partial charge in [-0.3, -0.25) is 4.57 Å². The fraction of sp³-hybridized carbons (Fsp3) is 0.0909. The number of aromatic nitrogens is 1. The average Bonchev–Trinajstić information content (AvgIpc) is 2.96. The number of aromatic hydroxyl groups is 2. The van der Waals surface area contributed by atoms with E-state index in [9.17, 15) is 10.2 Å². The Hall–Kier alpha value is -3.60. The summed E-state index contributed by atoms with van der Waals surface area (Å²) in [6.45, 7) is 3.87. The third-order valence-electron chi connectivity index (χ3n) is 4.59. The molecule has 0 aliphatic heterocycles. The van der Waals surface area contributed by atoms with Crippen molar-refractivity contribution in [2.45, 2.75) is 13.8 Å². The van der Waals surface area contributed by atoms with Crippen LogP contribution in [0.4, 0.5) is 11.4 Å². The molecule has 5 heteroatoms. The van der Waals surface area contributed by atoms with Crippen LogP contribution < -0.4 is 0 Å². The summed E-state index contributed by atoms with van der Waals surface area (Å²) in [5.41, 5.74) is 3.51. The van der Waals surface area contributed by atoms with Crippen molar-refractivity contribution in [3.8, 4) is 17.3 Å². The lowest BCUT2D eigenvalue weighted by Crippen LogP contribution is -1.90. The highest BCUT2D eigenvalue weighted by atomic mass is 16.3. The number of rotatable bonds is 3. The number of hydrogen-bond acceptors (Lipinski definition) is 4. The zero-order chi connectivity index (χ0) is 19.0. The molecule has 4 rings (SSSR count). The second kappa shape index (κ2) is 6.61. The van der Waals surface area contributed by atoms with Crippen LogP contribution in [0.5, 0.6) is 11.6 Å². The Morgan fingerprint density at radius 3 is 2.33 bits per heavy atom. The summed E-state index contributed by atoms with van der Waals surface area (Å²) in [6, 6.07) is 19.0. The quantitative estimate of drug-likeness (QED) is 0.437. The molecule has 0 bridgehead atoms. The van der Waals surface area contributed by atoms with Gasteiger partial charge in [0.1, 0.15) is 5.69 Å². The molecule has 2 N–H and O–H groups in total. The lowest BCUT2D eigenvalue weighted by atomic mass is 10.1. The van der Waals surface area contributed by atoms with Crippen LogP contribution in [-0.4, -0.2) is 14.8 Å². The van der Waals surface area contributed by atoms with Crippen LogP contribution >= 0.6 is 0 Å². The molecular weight excluding hydrogens is 338 g/mol. The number of benzene rings is 3. The van der Waals surface area contributed by atoms with Crippen molar-refractivity contribution in [3.05, 3.63) is 78.0 Å². The van der Waals surface area contributed by atoms with Crippen LogP contribution in [0.15, 0.2) is 77.1 Å². The minimum absolute atomic E-state index is 0.0142. The molecule has 0 unspecified atom stereocenters. The summed E-state index contributed by atoms with van der Waals surface area (Å²) in [4.78, 5) is 0. The van der Waals surface area contributed by atoms with Gasteiger partial charge in [-0.05, 0) is 43.0 Å². The largest absolute Gasteiger partial charge is 0.505 e. The van der Waals surface area contributed by atoms with Crippen LogP contribution in [0, 0.1) is 13.8 Å². The maximum atomic E-state index is 10.6. The summed E-state index contributed by atoms with van der Waals surface area (Å²) >= 11 is 0. The molecule has 0 radical (unpaired) electrons. The highest BCUT2D eigenvalue weighted by Crippen LogP contribution is 2.39. The van der Waals surface area contributed by atoms with Gasteiger partial charge in [0.2, 0.25) is 5.88 Å². The monoisotopic (exact) mass is 357 g/mol. The van der Waals surface area contributed by atoms with E-state index in [0.717, 1.165) is 22.2 Å². The third kappa shape index (κ3) is 3.04. The Morgan fingerprint density at radius 1 is 0.815 bits per heavy atom. The topological polar surface area (TPSA) is 70.1 Å². The van der Waals surface area contributed by atoms with E-state index in [1.807, 2.05) is 74.6 Å². The molecule has 0 spiro atoms. The van der Waals surface area contributed by atoms with E-state index >= 15 is 0 Å². The molecule has 0 aliphatic carbocycles. The Kier molecular flexibility index (Phi) is 4.12. The molecule has 134 valence electrons. The van der Waals surface area contributed by atoms with Gasteiger partial charge in [-0.25, -0.2) is 0 Å². The first kappa shape index (κ1) is 16.8. The maximum Gasteiger partial charge on any atom is 0.224 e. The van der Waals surface area contributed by atoms with E-state index in [2.05, 4.69) is 10.2 Å². The molecular formula is C22H19N3O2.